The Bertz CT molecular complexity index is 504. The molecular formula is C15H21N3O. The van der Waals surface area contributed by atoms with E-state index in [1.165, 1.54) is 12.8 Å². The quantitative estimate of drug-likeness (QED) is 0.838. The summed E-state index contributed by atoms with van der Waals surface area (Å²) in [5, 5.41) is 0. The van der Waals surface area contributed by atoms with Crippen molar-refractivity contribution in [1.82, 2.24) is 4.90 Å². The lowest BCUT2D eigenvalue weighted by Gasteiger charge is -2.50. The number of fused-ring (bicyclic) bond motifs is 3. The predicted octanol–water partition coefficient (Wildman–Crippen LogP) is 1.19. The van der Waals surface area contributed by atoms with Crippen molar-refractivity contribution in [3.05, 3.63) is 34.9 Å². The first-order valence-corrected chi connectivity index (χ1v) is 6.98. The number of benzene rings is 1. The summed E-state index contributed by atoms with van der Waals surface area (Å²) in [6.45, 7) is 4.21. The fraction of sp³-hybridized carbons (Fsp3) is 0.533. The van der Waals surface area contributed by atoms with Crippen molar-refractivity contribution in [2.75, 3.05) is 13.1 Å². The molecule has 3 fully saturated rings. The molecular weight excluding hydrogens is 238 g/mol. The summed E-state index contributed by atoms with van der Waals surface area (Å²) < 4.78 is 0. The number of carbonyl (C=O) groups excluding carboxylic acids is 1. The molecule has 3 aliphatic rings. The van der Waals surface area contributed by atoms with Crippen molar-refractivity contribution in [2.24, 2.45) is 17.4 Å². The average molecular weight is 259 g/mol. The second-order valence-corrected chi connectivity index (χ2v) is 5.79. The molecule has 3 aliphatic heterocycles. The van der Waals surface area contributed by atoms with Gasteiger partial charge in [0.15, 0.2) is 0 Å². The molecule has 3 saturated heterocycles. The molecule has 1 amide bonds. The van der Waals surface area contributed by atoms with Gasteiger partial charge < -0.3 is 11.5 Å². The minimum atomic E-state index is -0.345. The summed E-state index contributed by atoms with van der Waals surface area (Å²) in [5.41, 5.74) is 14.8. The largest absolute Gasteiger partial charge is 0.366 e. The number of rotatable bonds is 2. The number of hydrogen-bond acceptors (Lipinski definition) is 3. The Kier molecular flexibility index (Phi) is 3.07. The van der Waals surface area contributed by atoms with Crippen LogP contribution in [0.3, 0.4) is 0 Å². The molecule has 2 bridgehead atoms. The second kappa shape index (κ2) is 4.62. The van der Waals surface area contributed by atoms with E-state index in [4.69, 9.17) is 11.5 Å². The Morgan fingerprint density at radius 2 is 2.00 bits per heavy atom. The van der Waals surface area contributed by atoms with Gasteiger partial charge in [0, 0.05) is 11.5 Å². The molecule has 0 radical (unpaired) electrons. The number of primary amides is 1. The first-order chi connectivity index (χ1) is 9.09. The van der Waals surface area contributed by atoms with E-state index >= 15 is 0 Å². The Labute approximate surface area is 113 Å². The van der Waals surface area contributed by atoms with Gasteiger partial charge in [-0.15, -0.1) is 0 Å². The summed E-state index contributed by atoms with van der Waals surface area (Å²) in [5.74, 6) is 0.479. The van der Waals surface area contributed by atoms with Crippen LogP contribution in [-0.4, -0.2) is 30.1 Å². The highest BCUT2D eigenvalue weighted by atomic mass is 16.1. The van der Waals surface area contributed by atoms with Gasteiger partial charge in [-0.2, -0.15) is 0 Å². The van der Waals surface area contributed by atoms with Crippen molar-refractivity contribution >= 4 is 5.91 Å². The number of amides is 1. The second-order valence-electron chi connectivity index (χ2n) is 5.79. The number of nitrogens with two attached hydrogens (primary N) is 2. The molecule has 4 N–H and O–H groups in total. The van der Waals surface area contributed by atoms with Crippen LogP contribution >= 0.6 is 0 Å². The maximum absolute atomic E-state index is 11.7. The zero-order valence-electron chi connectivity index (χ0n) is 11.3. The first kappa shape index (κ1) is 12.6. The Hall–Kier alpha value is -1.39. The van der Waals surface area contributed by atoms with Crippen LogP contribution in [0.4, 0.5) is 0 Å². The van der Waals surface area contributed by atoms with E-state index in [0.717, 1.165) is 24.2 Å². The van der Waals surface area contributed by atoms with Crippen LogP contribution in [0.25, 0.3) is 0 Å². The molecule has 4 nitrogen and oxygen atoms in total. The Balaban J connectivity index is 2.09. The normalized spacial score (nSPS) is 33.4. The van der Waals surface area contributed by atoms with Gasteiger partial charge in [0.05, 0.1) is 6.17 Å². The van der Waals surface area contributed by atoms with Crippen molar-refractivity contribution in [1.29, 1.82) is 0 Å². The van der Waals surface area contributed by atoms with Gasteiger partial charge in [0.1, 0.15) is 0 Å². The van der Waals surface area contributed by atoms with Gasteiger partial charge in [-0.25, -0.2) is 0 Å². The zero-order chi connectivity index (χ0) is 13.6. The van der Waals surface area contributed by atoms with Gasteiger partial charge >= 0.3 is 0 Å². The van der Waals surface area contributed by atoms with Crippen LogP contribution in [0.2, 0.25) is 0 Å². The van der Waals surface area contributed by atoms with E-state index in [-0.39, 0.29) is 18.0 Å². The fourth-order valence-electron chi connectivity index (χ4n) is 3.83. The monoisotopic (exact) mass is 259 g/mol. The van der Waals surface area contributed by atoms with Crippen LogP contribution < -0.4 is 11.5 Å². The van der Waals surface area contributed by atoms with Gasteiger partial charge in [-0.3, -0.25) is 9.69 Å². The highest BCUT2D eigenvalue weighted by Gasteiger charge is 2.42. The minimum absolute atomic E-state index is 0.0201. The van der Waals surface area contributed by atoms with Crippen LogP contribution in [0.5, 0.6) is 0 Å². The summed E-state index contributed by atoms with van der Waals surface area (Å²) in [6.07, 6.45) is 2.36. The average Bonchev–Trinajstić information content (AvgIpc) is 2.40. The van der Waals surface area contributed by atoms with Gasteiger partial charge in [-0.1, -0.05) is 12.1 Å². The van der Waals surface area contributed by atoms with E-state index in [1.807, 2.05) is 25.1 Å². The summed E-state index contributed by atoms with van der Waals surface area (Å²) in [4.78, 5) is 14.0. The zero-order valence-corrected chi connectivity index (χ0v) is 11.3. The Morgan fingerprint density at radius 3 is 2.58 bits per heavy atom. The number of aryl methyl sites for hydroxylation is 1. The topological polar surface area (TPSA) is 72.4 Å². The summed E-state index contributed by atoms with van der Waals surface area (Å²) in [7, 11) is 0. The fourth-order valence-corrected chi connectivity index (χ4v) is 3.83. The molecule has 4 heteroatoms. The lowest BCUT2D eigenvalue weighted by Crippen LogP contribution is -2.58. The van der Waals surface area contributed by atoms with Gasteiger partial charge in [0.2, 0.25) is 5.91 Å². The first-order valence-electron chi connectivity index (χ1n) is 6.98. The standard InChI is InChI=1S/C15H21N3O/c1-9-3-2-4-11(15(17)19)12(9)13-10-5-7-18(8-6-10)14(13)16/h2-4,10,13-14H,5-8,16H2,1H3,(H2,17,19). The molecule has 19 heavy (non-hydrogen) atoms. The molecule has 102 valence electrons. The highest BCUT2D eigenvalue weighted by Crippen LogP contribution is 2.43. The van der Waals surface area contributed by atoms with Crippen molar-refractivity contribution in [3.8, 4) is 0 Å². The molecule has 0 saturated carbocycles. The molecule has 2 atom stereocenters. The lowest BCUT2D eigenvalue weighted by atomic mass is 9.71. The molecule has 1 aromatic rings. The maximum atomic E-state index is 11.7. The third kappa shape index (κ3) is 1.95. The molecule has 3 heterocycles. The van der Waals surface area contributed by atoms with Crippen LogP contribution in [0.15, 0.2) is 18.2 Å². The summed E-state index contributed by atoms with van der Waals surface area (Å²) in [6, 6.07) is 5.77. The van der Waals surface area contributed by atoms with Crippen molar-refractivity contribution in [3.63, 3.8) is 0 Å². The Morgan fingerprint density at radius 1 is 1.32 bits per heavy atom. The molecule has 0 spiro atoms. The summed E-state index contributed by atoms with van der Waals surface area (Å²) >= 11 is 0. The lowest BCUT2D eigenvalue weighted by molar-refractivity contribution is 0.0282. The van der Waals surface area contributed by atoms with Crippen LogP contribution in [0, 0.1) is 12.8 Å². The molecule has 0 aliphatic carbocycles. The molecule has 0 aromatic heterocycles. The van der Waals surface area contributed by atoms with Gasteiger partial charge in [0.25, 0.3) is 0 Å². The van der Waals surface area contributed by atoms with E-state index in [9.17, 15) is 4.79 Å². The smallest absolute Gasteiger partial charge is 0.248 e. The number of piperidine rings is 3. The third-order valence-electron chi connectivity index (χ3n) is 4.79. The molecule has 2 unspecified atom stereocenters. The van der Waals surface area contributed by atoms with E-state index in [1.54, 1.807) is 0 Å². The van der Waals surface area contributed by atoms with E-state index in [0.29, 0.717) is 11.5 Å². The number of nitrogens with zero attached hydrogens (tertiary/aromatic N) is 1. The van der Waals surface area contributed by atoms with E-state index < -0.39 is 0 Å². The molecule has 4 rings (SSSR count). The minimum Gasteiger partial charge on any atom is -0.366 e. The highest BCUT2D eigenvalue weighted by molar-refractivity contribution is 5.95. The van der Waals surface area contributed by atoms with E-state index in [2.05, 4.69) is 4.90 Å². The number of carbonyl (C=O) groups is 1. The SMILES string of the molecule is Cc1cccc(C(N)=O)c1C1C2CCN(CC2)C1N. The molecule has 1 aromatic carbocycles. The van der Waals surface area contributed by atoms with Crippen molar-refractivity contribution in [2.45, 2.75) is 31.8 Å². The third-order valence-corrected chi connectivity index (χ3v) is 4.79. The van der Waals surface area contributed by atoms with Crippen molar-refractivity contribution < 1.29 is 4.79 Å². The van der Waals surface area contributed by atoms with Crippen LogP contribution in [-0.2, 0) is 0 Å². The number of hydrogen-bond donors (Lipinski definition) is 2. The van der Waals surface area contributed by atoms with Crippen LogP contribution in [0.1, 0.15) is 40.2 Å². The maximum Gasteiger partial charge on any atom is 0.248 e. The predicted molar refractivity (Wildman–Crippen MR) is 74.7 cm³/mol. The van der Waals surface area contributed by atoms with Gasteiger partial charge in [-0.05, 0) is 56.0 Å².